The van der Waals surface area contributed by atoms with Crippen molar-refractivity contribution in [3.05, 3.63) is 53.9 Å². The largest absolute Gasteiger partial charge is 0.221 e. The van der Waals surface area contributed by atoms with E-state index in [2.05, 4.69) is 58.9 Å². The third-order valence-electron chi connectivity index (χ3n) is 3.21. The van der Waals surface area contributed by atoms with Crippen LogP contribution in [0, 0.1) is 0 Å². The van der Waals surface area contributed by atoms with E-state index in [4.69, 9.17) is 0 Å². The van der Waals surface area contributed by atoms with Gasteiger partial charge in [-0.1, -0.05) is 24.3 Å². The number of H-pyrrole nitrogens is 1. The van der Waals surface area contributed by atoms with Crippen LogP contribution in [-0.4, -0.2) is 0 Å². The molecular weight excluding hydrogens is 226 g/mol. The third-order valence-corrected chi connectivity index (χ3v) is 4.17. The lowest BCUT2D eigenvalue weighted by Gasteiger charge is -1.98. The number of hydrogen-bond donors (Lipinski definition) is 0. The number of aromatic nitrogens is 1. The zero-order chi connectivity index (χ0) is 11.2. The van der Waals surface area contributed by atoms with Crippen LogP contribution >= 0.6 is 11.3 Å². The average molecular weight is 236 g/mol. The predicted molar refractivity (Wildman–Crippen MR) is 72.5 cm³/mol. The lowest BCUT2D eigenvalue weighted by molar-refractivity contribution is -0.325. The van der Waals surface area contributed by atoms with E-state index in [1.807, 2.05) is 0 Å². The molecule has 2 aliphatic heterocycles. The van der Waals surface area contributed by atoms with Crippen LogP contribution in [0.15, 0.2) is 53.9 Å². The molecule has 0 bridgehead atoms. The molecule has 17 heavy (non-hydrogen) atoms. The number of aromatic amines is 1. The van der Waals surface area contributed by atoms with Gasteiger partial charge in [0.2, 0.25) is 11.2 Å². The fraction of sp³-hybridized carbons (Fsp3) is 0. The molecule has 80 valence electrons. The van der Waals surface area contributed by atoms with E-state index in [0.717, 1.165) is 0 Å². The molecular formula is C15H10NS+. The lowest BCUT2D eigenvalue weighted by Crippen LogP contribution is -2.00. The van der Waals surface area contributed by atoms with Crippen LogP contribution in [-0.2, 0) is 0 Å². The molecule has 0 saturated carbocycles. The van der Waals surface area contributed by atoms with E-state index in [1.54, 1.807) is 11.3 Å². The summed E-state index contributed by atoms with van der Waals surface area (Å²) in [6.07, 6.45) is 0. The fourth-order valence-electron chi connectivity index (χ4n) is 2.40. The summed E-state index contributed by atoms with van der Waals surface area (Å²) in [5, 5.41) is 4.87. The molecule has 0 amide bonds. The predicted octanol–water partition coefficient (Wildman–Crippen LogP) is 3.97. The van der Waals surface area contributed by atoms with Crippen molar-refractivity contribution < 1.29 is 4.98 Å². The smallest absolute Gasteiger partial charge is 0.204 e. The first-order chi connectivity index (χ1) is 8.43. The zero-order valence-electron chi connectivity index (χ0n) is 9.10. The first-order valence-electron chi connectivity index (χ1n) is 5.63. The summed E-state index contributed by atoms with van der Waals surface area (Å²) >= 11 is 1.81. The van der Waals surface area contributed by atoms with Gasteiger partial charge in [-0.25, -0.2) is 4.98 Å². The number of benzene rings is 2. The molecule has 2 aromatic carbocycles. The highest BCUT2D eigenvalue weighted by Gasteiger charge is 2.20. The Morgan fingerprint density at radius 1 is 0.824 bits per heavy atom. The summed E-state index contributed by atoms with van der Waals surface area (Å²) in [7, 11) is 0. The van der Waals surface area contributed by atoms with Crippen LogP contribution in [0.4, 0.5) is 0 Å². The van der Waals surface area contributed by atoms with Gasteiger partial charge in [-0.15, -0.1) is 11.3 Å². The molecule has 0 radical (unpaired) electrons. The Kier molecular flexibility index (Phi) is 1.76. The highest BCUT2D eigenvalue weighted by atomic mass is 32.1. The second kappa shape index (κ2) is 3.28. The quantitative estimate of drug-likeness (QED) is 0.438. The summed E-state index contributed by atoms with van der Waals surface area (Å²) in [6.45, 7) is 0. The van der Waals surface area contributed by atoms with Gasteiger partial charge in [0.25, 0.3) is 0 Å². The molecule has 1 nitrogen and oxygen atoms in total. The normalized spacial score (nSPS) is 11.5. The summed E-state index contributed by atoms with van der Waals surface area (Å²) < 4.78 is 1.33. The van der Waals surface area contributed by atoms with Gasteiger partial charge in [0.1, 0.15) is 0 Å². The fourth-order valence-corrected chi connectivity index (χ4v) is 3.34. The third kappa shape index (κ3) is 1.22. The molecule has 0 aromatic heterocycles. The molecule has 4 rings (SSSR count). The molecule has 2 aromatic rings. The topological polar surface area (TPSA) is 14.1 Å². The Bertz CT molecular complexity index is 800. The Morgan fingerprint density at radius 2 is 1.59 bits per heavy atom. The van der Waals surface area contributed by atoms with Crippen LogP contribution in [0.5, 0.6) is 0 Å². The van der Waals surface area contributed by atoms with E-state index in [0.29, 0.717) is 0 Å². The second-order valence-corrected chi connectivity index (χ2v) is 5.10. The van der Waals surface area contributed by atoms with Gasteiger partial charge in [-0.3, -0.25) is 0 Å². The molecule has 0 spiro atoms. The van der Waals surface area contributed by atoms with Crippen LogP contribution in [0.3, 0.4) is 0 Å². The lowest BCUT2D eigenvalue weighted by atomic mass is 10.1. The average Bonchev–Trinajstić information content (AvgIpc) is 2.78. The summed E-state index contributed by atoms with van der Waals surface area (Å²) in [5.41, 5.74) is 3.79. The first kappa shape index (κ1) is 9.14. The molecule has 2 heteroatoms. The van der Waals surface area contributed by atoms with Crippen LogP contribution in [0.2, 0.25) is 0 Å². The number of nitrogens with one attached hydrogen (secondary N) is 1. The van der Waals surface area contributed by atoms with Gasteiger partial charge in [0.05, 0.1) is 16.3 Å². The minimum atomic E-state index is 1.21. The van der Waals surface area contributed by atoms with Gasteiger partial charge >= 0.3 is 0 Å². The second-order valence-electron chi connectivity index (χ2n) is 4.19. The maximum absolute atomic E-state index is 3.53. The Morgan fingerprint density at radius 3 is 2.53 bits per heavy atom. The van der Waals surface area contributed by atoms with Crippen molar-refractivity contribution in [2.45, 2.75) is 0 Å². The highest BCUT2D eigenvalue weighted by molar-refractivity contribution is 7.17. The number of hydrogen-bond acceptors (Lipinski definition) is 1. The van der Waals surface area contributed by atoms with Crippen LogP contribution in [0.1, 0.15) is 0 Å². The van der Waals surface area contributed by atoms with E-state index in [1.165, 1.54) is 32.2 Å². The zero-order valence-corrected chi connectivity index (χ0v) is 9.92. The van der Waals surface area contributed by atoms with Gasteiger partial charge in [-0.2, -0.15) is 0 Å². The molecule has 2 aliphatic rings. The van der Waals surface area contributed by atoms with Gasteiger partial charge in [0, 0.05) is 16.1 Å². The van der Waals surface area contributed by atoms with Crippen molar-refractivity contribution in [3.8, 4) is 11.3 Å². The van der Waals surface area contributed by atoms with Crippen LogP contribution < -0.4 is 4.98 Å². The maximum atomic E-state index is 3.53. The molecule has 1 N–H and O–H groups in total. The van der Waals surface area contributed by atoms with Gasteiger partial charge in [-0.05, 0) is 18.2 Å². The van der Waals surface area contributed by atoms with E-state index in [-0.39, 0.29) is 0 Å². The van der Waals surface area contributed by atoms with Crippen molar-refractivity contribution in [1.82, 2.24) is 0 Å². The van der Waals surface area contributed by atoms with Crippen molar-refractivity contribution in [2.75, 3.05) is 0 Å². The van der Waals surface area contributed by atoms with Crippen molar-refractivity contribution in [2.24, 2.45) is 0 Å². The van der Waals surface area contributed by atoms with E-state index in [9.17, 15) is 0 Å². The minimum Gasteiger partial charge on any atom is -0.204 e. The SMILES string of the molecule is c1ccc2c3csc4ccccc4c-3[nH+]c2c1. The summed E-state index contributed by atoms with van der Waals surface area (Å²) in [6, 6.07) is 17.0. The Labute approximate surface area is 103 Å². The van der Waals surface area contributed by atoms with Crippen molar-refractivity contribution >= 4 is 32.3 Å². The molecule has 0 fully saturated rings. The van der Waals surface area contributed by atoms with Gasteiger partial charge < -0.3 is 0 Å². The summed E-state index contributed by atoms with van der Waals surface area (Å²) in [5.74, 6) is 0. The van der Waals surface area contributed by atoms with Gasteiger partial charge in [0.15, 0.2) is 0 Å². The molecule has 0 unspecified atom stereocenters. The number of rotatable bonds is 0. The van der Waals surface area contributed by atoms with E-state index >= 15 is 0 Å². The van der Waals surface area contributed by atoms with Crippen molar-refractivity contribution in [1.29, 1.82) is 0 Å². The monoisotopic (exact) mass is 236 g/mol. The molecule has 0 aliphatic carbocycles. The molecule has 0 saturated heterocycles. The van der Waals surface area contributed by atoms with Crippen LogP contribution in [0.25, 0.3) is 32.2 Å². The standard InChI is InChI=1S/C15H9NS/c1-3-7-13-10(5-1)12-9-17-14-8-4-2-6-11(14)15(12)16-13/h1-9H/p+1. The summed E-state index contributed by atoms with van der Waals surface area (Å²) in [4.78, 5) is 3.53. The Hall–Kier alpha value is -1.93. The number of para-hydroxylation sites is 1. The number of fused-ring (bicyclic) bond motifs is 5. The molecule has 2 heterocycles. The minimum absolute atomic E-state index is 1.21. The molecule has 0 atom stereocenters. The van der Waals surface area contributed by atoms with E-state index < -0.39 is 0 Å². The highest BCUT2D eigenvalue weighted by Crippen LogP contribution is 2.35. The first-order valence-corrected chi connectivity index (χ1v) is 6.51. The Balaban J connectivity index is 2.28. The van der Waals surface area contributed by atoms with Crippen molar-refractivity contribution in [3.63, 3.8) is 0 Å². The maximum Gasteiger partial charge on any atom is 0.221 e.